The first-order chi connectivity index (χ1) is 42.9. The smallest absolute Gasteiger partial charge is 0.0544 e. The van der Waals surface area contributed by atoms with Crippen LogP contribution >= 0.6 is 0 Å². The number of benzene rings is 14. The molecule has 0 N–H and O–H groups in total. The zero-order valence-corrected chi connectivity index (χ0v) is 48.7. The van der Waals surface area contributed by atoms with E-state index in [1.807, 2.05) is 0 Å². The second-order valence-electron chi connectivity index (χ2n) is 23.0. The second kappa shape index (κ2) is 21.1. The minimum atomic E-state index is 1.09. The molecular weight excluding hydrogens is 1050 g/mol. The Morgan fingerprint density at radius 3 is 0.989 bits per heavy atom. The molecular formula is C83H60N4. The van der Waals surface area contributed by atoms with Crippen LogP contribution in [-0.4, -0.2) is 9.13 Å². The van der Waals surface area contributed by atoms with Crippen LogP contribution in [0.15, 0.2) is 309 Å². The van der Waals surface area contributed by atoms with E-state index in [-0.39, 0.29) is 0 Å². The fourth-order valence-electron chi connectivity index (χ4n) is 13.8. The summed E-state index contributed by atoms with van der Waals surface area (Å²) >= 11 is 0. The summed E-state index contributed by atoms with van der Waals surface area (Å²) in [4.78, 5) is 4.66. The van der Waals surface area contributed by atoms with E-state index in [2.05, 4.69) is 349 Å². The van der Waals surface area contributed by atoms with Gasteiger partial charge in [-0.1, -0.05) is 176 Å². The molecule has 16 rings (SSSR count). The molecule has 0 atom stereocenters. The zero-order valence-electron chi connectivity index (χ0n) is 48.7. The molecule has 2 heterocycles. The minimum absolute atomic E-state index is 1.09. The highest BCUT2D eigenvalue weighted by Gasteiger charge is 2.26. The van der Waals surface area contributed by atoms with Gasteiger partial charge in [0.1, 0.15) is 0 Å². The second-order valence-corrected chi connectivity index (χ2v) is 23.0. The van der Waals surface area contributed by atoms with E-state index in [1.165, 1.54) is 110 Å². The van der Waals surface area contributed by atoms with Crippen molar-refractivity contribution in [2.45, 2.75) is 20.8 Å². The molecule has 0 saturated carbocycles. The van der Waals surface area contributed by atoms with Gasteiger partial charge in [0.05, 0.1) is 11.0 Å². The Morgan fingerprint density at radius 1 is 0.230 bits per heavy atom. The lowest BCUT2D eigenvalue weighted by Crippen LogP contribution is -2.09. The summed E-state index contributed by atoms with van der Waals surface area (Å²) < 4.78 is 4.99. The van der Waals surface area contributed by atoms with Crippen molar-refractivity contribution in [3.63, 3.8) is 0 Å². The minimum Gasteiger partial charge on any atom is -0.314 e. The maximum absolute atomic E-state index is 2.54. The average molecular weight is 1110 g/mol. The van der Waals surface area contributed by atoms with Crippen molar-refractivity contribution >= 4 is 99.0 Å². The van der Waals surface area contributed by atoms with E-state index in [9.17, 15) is 0 Å². The number of aromatic nitrogens is 2. The summed E-state index contributed by atoms with van der Waals surface area (Å²) in [7, 11) is 0. The van der Waals surface area contributed by atoms with Crippen molar-refractivity contribution in [3.8, 4) is 44.8 Å². The summed E-state index contributed by atoms with van der Waals surface area (Å²) in [6.07, 6.45) is 0. The highest BCUT2D eigenvalue weighted by Crippen LogP contribution is 2.50. The average Bonchev–Trinajstić information content (AvgIpc) is 1.74. The molecule has 16 aromatic rings. The van der Waals surface area contributed by atoms with E-state index in [1.54, 1.807) is 0 Å². The monoisotopic (exact) mass is 1110 g/mol. The summed E-state index contributed by atoms with van der Waals surface area (Å²) in [6.45, 7) is 6.89. The number of anilines is 6. The van der Waals surface area contributed by atoms with Crippen molar-refractivity contribution in [1.29, 1.82) is 0 Å². The van der Waals surface area contributed by atoms with Crippen LogP contribution in [0.4, 0.5) is 34.1 Å². The summed E-state index contributed by atoms with van der Waals surface area (Å²) in [5.74, 6) is 0. The number of para-hydroxylation sites is 4. The van der Waals surface area contributed by atoms with E-state index in [0.717, 1.165) is 51.0 Å². The third-order valence-corrected chi connectivity index (χ3v) is 18.0. The van der Waals surface area contributed by atoms with Crippen LogP contribution in [0.25, 0.3) is 110 Å². The lowest BCUT2D eigenvalue weighted by atomic mass is 9.83. The van der Waals surface area contributed by atoms with Gasteiger partial charge in [0.2, 0.25) is 0 Å². The van der Waals surface area contributed by atoms with Crippen LogP contribution in [0.1, 0.15) is 17.0 Å². The van der Waals surface area contributed by atoms with Crippen LogP contribution in [0.5, 0.6) is 0 Å². The fourth-order valence-corrected chi connectivity index (χ4v) is 13.8. The summed E-state index contributed by atoms with van der Waals surface area (Å²) in [6, 6.07) is 114. The van der Waals surface area contributed by atoms with Gasteiger partial charge in [-0.3, -0.25) is 0 Å². The molecule has 0 saturated heterocycles. The van der Waals surface area contributed by atoms with Crippen LogP contribution in [0.2, 0.25) is 0 Å². The summed E-state index contributed by atoms with van der Waals surface area (Å²) in [5.41, 5.74) is 22.0. The van der Waals surface area contributed by atoms with E-state index < -0.39 is 0 Å². The number of aryl methyl sites for hydroxylation is 1. The Balaban J connectivity index is 0.986. The Morgan fingerprint density at radius 2 is 0.563 bits per heavy atom. The Labute approximate surface area is 506 Å². The first kappa shape index (κ1) is 51.4. The molecule has 4 nitrogen and oxygen atoms in total. The molecule has 412 valence electrons. The molecule has 0 aliphatic rings. The quantitative estimate of drug-likeness (QED) is 0.120. The summed E-state index contributed by atoms with van der Waals surface area (Å²) in [5, 5.41) is 12.1. The molecule has 0 aliphatic carbocycles. The van der Waals surface area contributed by atoms with Gasteiger partial charge in [-0.05, 0) is 231 Å². The van der Waals surface area contributed by atoms with Gasteiger partial charge in [-0.15, -0.1) is 0 Å². The first-order valence-corrected chi connectivity index (χ1v) is 30.1. The number of nitrogens with zero attached hydrogens (tertiary/aromatic N) is 4. The van der Waals surface area contributed by atoms with E-state index >= 15 is 0 Å². The molecule has 0 amide bonds. The number of hydrogen-bond donors (Lipinski definition) is 0. The Kier molecular flexibility index (Phi) is 12.5. The maximum Gasteiger partial charge on any atom is 0.0544 e. The molecule has 0 aliphatic heterocycles. The van der Waals surface area contributed by atoms with Crippen molar-refractivity contribution in [2.75, 3.05) is 9.80 Å². The molecule has 2 aromatic heterocycles. The third-order valence-electron chi connectivity index (χ3n) is 18.0. The SMILES string of the molecule is Cc1c(C)n(-c2ccc(N(c3ccccc3)c3ccccc3)cc2)c2cc3c(-c4ccc5ccccc5c4)c4cc5c(-c6ccccc6)c(C)n(-c6ccc(N(c7ccccc7)c7ccccc7)cc6)c5cc4c(-c4ccc5ccccc5c4)c3cc12. The van der Waals surface area contributed by atoms with Crippen LogP contribution in [0, 0.1) is 20.8 Å². The van der Waals surface area contributed by atoms with Gasteiger partial charge in [-0.2, -0.15) is 0 Å². The van der Waals surface area contributed by atoms with Crippen molar-refractivity contribution in [3.05, 3.63) is 326 Å². The van der Waals surface area contributed by atoms with E-state index in [0.29, 0.717) is 0 Å². The number of fused-ring (bicyclic) bond motifs is 6. The molecule has 0 fully saturated rings. The van der Waals surface area contributed by atoms with Gasteiger partial charge >= 0.3 is 0 Å². The molecule has 4 heteroatoms. The zero-order chi connectivity index (χ0) is 58.1. The highest BCUT2D eigenvalue weighted by molar-refractivity contribution is 6.27. The van der Waals surface area contributed by atoms with Gasteiger partial charge in [0.15, 0.2) is 0 Å². The topological polar surface area (TPSA) is 16.3 Å². The fraction of sp³-hybridized carbons (Fsp3) is 0.0361. The Bertz CT molecular complexity index is 5180. The standard InChI is InChI=1S/C83H60N4/c1-55-56(2)84(69-41-45-71(46-42-69)86(65-29-11-5-12-30-65)66-31-13-6-14-32-66)79-53-76-74(51-73(55)79)82(63-39-37-58-23-19-21-27-61(58)49-63)77-54-80-78(52-75(77)83(76)64-40-38-59-24-20-22-28-62(59)50-64)81(60-25-9-4-10-26-60)57(3)85(80)70-43-47-72(48-44-70)87(67-33-15-7-16-34-67)68-35-17-8-18-36-68/h4-54H,1-3H3. The molecule has 0 radical (unpaired) electrons. The van der Waals surface area contributed by atoms with Crippen LogP contribution in [0.3, 0.4) is 0 Å². The predicted molar refractivity (Wildman–Crippen MR) is 370 cm³/mol. The molecule has 14 aromatic carbocycles. The van der Waals surface area contributed by atoms with Crippen molar-refractivity contribution in [2.24, 2.45) is 0 Å². The van der Waals surface area contributed by atoms with Gasteiger partial charge in [-0.25, -0.2) is 0 Å². The Hall–Kier alpha value is -11.2. The van der Waals surface area contributed by atoms with Gasteiger partial charge in [0.25, 0.3) is 0 Å². The van der Waals surface area contributed by atoms with Gasteiger partial charge < -0.3 is 18.9 Å². The molecule has 87 heavy (non-hydrogen) atoms. The molecule has 0 bridgehead atoms. The predicted octanol–water partition coefficient (Wildman–Crippen LogP) is 23.1. The third kappa shape index (κ3) is 8.75. The molecule has 0 unspecified atom stereocenters. The first-order valence-electron chi connectivity index (χ1n) is 30.1. The van der Waals surface area contributed by atoms with Crippen LogP contribution < -0.4 is 9.80 Å². The van der Waals surface area contributed by atoms with Crippen LogP contribution in [-0.2, 0) is 0 Å². The van der Waals surface area contributed by atoms with Crippen molar-refractivity contribution in [1.82, 2.24) is 9.13 Å². The number of rotatable bonds is 11. The van der Waals surface area contributed by atoms with Gasteiger partial charge in [0, 0.05) is 73.2 Å². The lowest BCUT2D eigenvalue weighted by Gasteiger charge is -2.25. The largest absolute Gasteiger partial charge is 0.314 e. The normalized spacial score (nSPS) is 11.6. The maximum atomic E-state index is 2.54. The van der Waals surface area contributed by atoms with Crippen molar-refractivity contribution < 1.29 is 0 Å². The molecule has 0 spiro atoms. The highest BCUT2D eigenvalue weighted by atomic mass is 15.1. The lowest BCUT2D eigenvalue weighted by molar-refractivity contribution is 1.04. The van der Waals surface area contributed by atoms with E-state index in [4.69, 9.17) is 0 Å². The number of hydrogen-bond acceptors (Lipinski definition) is 2.